The van der Waals surface area contributed by atoms with Crippen LogP contribution >= 0.6 is 11.3 Å². The predicted molar refractivity (Wildman–Crippen MR) is 51.9 cm³/mol. The van der Waals surface area contributed by atoms with E-state index in [0.717, 1.165) is 11.3 Å². The van der Waals surface area contributed by atoms with Crippen LogP contribution in [-0.2, 0) is 0 Å². The molecule has 0 radical (unpaired) electrons. The van der Waals surface area contributed by atoms with E-state index >= 15 is 0 Å². The topological polar surface area (TPSA) is 53.8 Å². The lowest BCUT2D eigenvalue weighted by atomic mass is 10.4. The number of rotatable bonds is 2. The van der Waals surface area contributed by atoms with Crippen LogP contribution in [-0.4, -0.2) is 11.3 Å². The van der Waals surface area contributed by atoms with E-state index in [4.69, 9.17) is 0 Å². The smallest absolute Gasteiger partial charge is 0.297 e. The van der Waals surface area contributed by atoms with Crippen LogP contribution in [0.2, 0.25) is 0 Å². The SMILES string of the molecule is O=Cc1sc(=O)[nH]c1-[n+]1ccccc1. The zero-order valence-corrected chi connectivity index (χ0v) is 7.95. The molecule has 0 saturated carbocycles. The molecule has 0 saturated heterocycles. The number of aldehydes is 1. The Labute approximate surface area is 83.5 Å². The molecule has 0 bridgehead atoms. The van der Waals surface area contributed by atoms with E-state index in [1.807, 2.05) is 18.2 Å². The fourth-order valence-electron chi connectivity index (χ4n) is 1.15. The fourth-order valence-corrected chi connectivity index (χ4v) is 1.80. The number of hydrogen-bond acceptors (Lipinski definition) is 3. The summed E-state index contributed by atoms with van der Waals surface area (Å²) in [5.74, 6) is 0.524. The van der Waals surface area contributed by atoms with Gasteiger partial charge in [-0.05, 0) is 23.5 Å². The first-order valence-electron chi connectivity index (χ1n) is 3.96. The molecule has 0 fully saturated rings. The molecular weight excluding hydrogens is 200 g/mol. The quantitative estimate of drug-likeness (QED) is 0.576. The van der Waals surface area contributed by atoms with Crippen molar-refractivity contribution < 1.29 is 9.36 Å². The van der Waals surface area contributed by atoms with E-state index in [2.05, 4.69) is 4.98 Å². The Hall–Kier alpha value is -1.75. The van der Waals surface area contributed by atoms with Gasteiger partial charge < -0.3 is 0 Å². The molecule has 2 rings (SSSR count). The first-order chi connectivity index (χ1) is 6.81. The maximum atomic E-state index is 11.0. The number of hydrogen-bond donors (Lipinski definition) is 1. The predicted octanol–water partition coefficient (Wildman–Crippen LogP) is 0.526. The van der Waals surface area contributed by atoms with Crippen molar-refractivity contribution in [1.29, 1.82) is 0 Å². The van der Waals surface area contributed by atoms with Gasteiger partial charge in [0, 0.05) is 0 Å². The van der Waals surface area contributed by atoms with Crippen molar-refractivity contribution in [2.75, 3.05) is 0 Å². The zero-order chi connectivity index (χ0) is 9.97. The van der Waals surface area contributed by atoms with Crippen LogP contribution < -0.4 is 9.44 Å². The molecule has 0 atom stereocenters. The van der Waals surface area contributed by atoms with E-state index in [-0.39, 0.29) is 4.87 Å². The second-order valence-electron chi connectivity index (χ2n) is 2.63. The Bertz CT molecular complexity index is 501. The van der Waals surface area contributed by atoms with Crippen molar-refractivity contribution >= 4 is 17.6 Å². The van der Waals surface area contributed by atoms with Gasteiger partial charge in [-0.2, -0.15) is 4.98 Å². The van der Waals surface area contributed by atoms with Crippen molar-refractivity contribution in [3.05, 3.63) is 45.1 Å². The lowest BCUT2D eigenvalue weighted by molar-refractivity contribution is -0.599. The normalized spacial score (nSPS) is 10.0. The summed E-state index contributed by atoms with van der Waals surface area (Å²) >= 11 is 0.909. The number of aromatic amines is 1. The van der Waals surface area contributed by atoms with Crippen LogP contribution in [0, 0.1) is 0 Å². The van der Waals surface area contributed by atoms with Crippen LogP contribution in [0.3, 0.4) is 0 Å². The van der Waals surface area contributed by atoms with E-state index in [1.165, 1.54) is 0 Å². The molecule has 0 spiro atoms. The molecule has 70 valence electrons. The molecule has 2 heterocycles. The molecule has 2 aromatic heterocycles. The lowest BCUT2D eigenvalue weighted by Gasteiger charge is -1.92. The average Bonchev–Trinajstić information content (AvgIpc) is 2.61. The molecule has 0 aliphatic heterocycles. The number of H-pyrrole nitrogens is 1. The highest BCUT2D eigenvalue weighted by Crippen LogP contribution is 2.04. The van der Waals surface area contributed by atoms with Crippen LogP contribution in [0.15, 0.2) is 35.4 Å². The largest absolute Gasteiger partial charge is 0.390 e. The zero-order valence-electron chi connectivity index (χ0n) is 7.14. The molecule has 0 aromatic carbocycles. The number of carbonyl (C=O) groups excluding carboxylic acids is 1. The molecule has 2 aromatic rings. The third kappa shape index (κ3) is 1.49. The highest BCUT2D eigenvalue weighted by molar-refractivity contribution is 7.11. The molecule has 1 N–H and O–H groups in total. The maximum Gasteiger partial charge on any atom is 0.390 e. The lowest BCUT2D eigenvalue weighted by Crippen LogP contribution is -2.31. The number of thiazole rings is 1. The first-order valence-corrected chi connectivity index (χ1v) is 4.78. The van der Waals surface area contributed by atoms with Crippen LogP contribution in [0.25, 0.3) is 5.82 Å². The molecular formula is C9H7N2O2S+. The summed E-state index contributed by atoms with van der Waals surface area (Å²) in [6, 6.07) is 5.51. The Morgan fingerprint density at radius 3 is 2.64 bits per heavy atom. The molecule has 0 aliphatic rings. The van der Waals surface area contributed by atoms with Crippen molar-refractivity contribution in [2.45, 2.75) is 0 Å². The number of carbonyl (C=O) groups is 1. The molecule has 0 amide bonds. The number of aromatic nitrogens is 2. The summed E-state index contributed by atoms with van der Waals surface area (Å²) in [6.45, 7) is 0. The monoisotopic (exact) mass is 207 g/mol. The summed E-state index contributed by atoms with van der Waals surface area (Å²) in [5.41, 5.74) is 0. The van der Waals surface area contributed by atoms with Gasteiger partial charge in [0.2, 0.25) is 0 Å². The summed E-state index contributed by atoms with van der Waals surface area (Å²) < 4.78 is 1.70. The van der Waals surface area contributed by atoms with Gasteiger partial charge in [0.05, 0.1) is 12.4 Å². The van der Waals surface area contributed by atoms with E-state index < -0.39 is 0 Å². The average molecular weight is 207 g/mol. The van der Waals surface area contributed by atoms with Gasteiger partial charge in [0.1, 0.15) is 0 Å². The van der Waals surface area contributed by atoms with Crippen molar-refractivity contribution in [3.8, 4) is 5.82 Å². The third-order valence-corrected chi connectivity index (χ3v) is 2.53. The molecule has 14 heavy (non-hydrogen) atoms. The van der Waals surface area contributed by atoms with E-state index in [9.17, 15) is 9.59 Å². The van der Waals surface area contributed by atoms with E-state index in [1.54, 1.807) is 17.0 Å². The number of nitrogens with zero attached hydrogens (tertiary/aromatic N) is 1. The van der Waals surface area contributed by atoms with Gasteiger partial charge in [-0.3, -0.25) is 4.79 Å². The van der Waals surface area contributed by atoms with Crippen molar-refractivity contribution in [2.24, 2.45) is 0 Å². The first kappa shape index (κ1) is 8.83. The van der Waals surface area contributed by atoms with Gasteiger partial charge in [0.25, 0.3) is 0 Å². The van der Waals surface area contributed by atoms with E-state index in [0.29, 0.717) is 17.0 Å². The second kappa shape index (κ2) is 3.55. The van der Waals surface area contributed by atoms with Crippen LogP contribution in [0.1, 0.15) is 9.67 Å². The highest BCUT2D eigenvalue weighted by atomic mass is 32.1. The molecule has 0 aliphatic carbocycles. The maximum absolute atomic E-state index is 11.0. The minimum atomic E-state index is -0.224. The van der Waals surface area contributed by atoms with Gasteiger partial charge in [-0.25, -0.2) is 9.36 Å². The Morgan fingerprint density at radius 2 is 2.00 bits per heavy atom. The van der Waals surface area contributed by atoms with Gasteiger partial charge >= 0.3 is 10.7 Å². The number of pyridine rings is 1. The molecule has 4 nitrogen and oxygen atoms in total. The Balaban J connectivity index is 2.62. The summed E-state index contributed by atoms with van der Waals surface area (Å²) in [6.07, 6.45) is 4.22. The van der Waals surface area contributed by atoms with Crippen molar-refractivity contribution in [1.82, 2.24) is 4.98 Å². The van der Waals surface area contributed by atoms with Crippen LogP contribution in [0.5, 0.6) is 0 Å². The summed E-state index contributed by atoms with van der Waals surface area (Å²) in [5, 5.41) is 0. The number of nitrogens with one attached hydrogen (secondary N) is 1. The Morgan fingerprint density at radius 1 is 1.29 bits per heavy atom. The van der Waals surface area contributed by atoms with Crippen molar-refractivity contribution in [3.63, 3.8) is 0 Å². The molecule has 5 heteroatoms. The van der Waals surface area contributed by atoms with Crippen LogP contribution in [0.4, 0.5) is 0 Å². The fraction of sp³-hybridized carbons (Fsp3) is 0. The molecule has 0 unspecified atom stereocenters. The summed E-state index contributed by atoms with van der Waals surface area (Å²) in [4.78, 5) is 24.5. The third-order valence-electron chi connectivity index (χ3n) is 1.74. The minimum absolute atomic E-state index is 0.224. The standard InChI is InChI=1S/C9H6N2O2S/c12-6-7-8(10-9(13)14-7)11-4-2-1-3-5-11/h1-6H/p+1. The van der Waals surface area contributed by atoms with Gasteiger partial charge in [-0.1, -0.05) is 6.07 Å². The highest BCUT2D eigenvalue weighted by Gasteiger charge is 2.15. The van der Waals surface area contributed by atoms with Gasteiger partial charge in [0.15, 0.2) is 11.2 Å². The summed E-state index contributed by atoms with van der Waals surface area (Å²) in [7, 11) is 0. The Kier molecular flexibility index (Phi) is 2.24. The minimum Gasteiger partial charge on any atom is -0.297 e. The second-order valence-corrected chi connectivity index (χ2v) is 3.64. The van der Waals surface area contributed by atoms with Gasteiger partial charge in [-0.15, -0.1) is 0 Å².